The molecule has 0 spiro atoms. The Bertz CT molecular complexity index is 1120. The molecule has 3 aromatic rings. The van der Waals surface area contributed by atoms with Crippen molar-refractivity contribution in [3.63, 3.8) is 0 Å². The maximum absolute atomic E-state index is 13.1. The van der Waals surface area contributed by atoms with E-state index in [9.17, 15) is 20.1 Å². The zero-order chi connectivity index (χ0) is 22.8. The fraction of sp³-hybridized carbons (Fsp3) is 0.269. The minimum atomic E-state index is -0.377. The number of phenols is 3. The van der Waals surface area contributed by atoms with Crippen LogP contribution in [-0.4, -0.2) is 28.2 Å². The van der Waals surface area contributed by atoms with Gasteiger partial charge >= 0.3 is 0 Å². The number of ether oxygens (including phenoxy) is 2. The molecule has 0 fully saturated rings. The molecule has 3 aromatic carbocycles. The van der Waals surface area contributed by atoms with Crippen molar-refractivity contribution < 1.29 is 29.6 Å². The van der Waals surface area contributed by atoms with Gasteiger partial charge in [-0.3, -0.25) is 4.79 Å². The van der Waals surface area contributed by atoms with Gasteiger partial charge in [-0.05, 0) is 48.2 Å². The van der Waals surface area contributed by atoms with E-state index in [0.717, 1.165) is 16.9 Å². The maximum Gasteiger partial charge on any atom is 0.170 e. The number of aryl methyl sites for hydroxylation is 1. The molecule has 0 radical (unpaired) electrons. The smallest absolute Gasteiger partial charge is 0.170 e. The van der Waals surface area contributed by atoms with Gasteiger partial charge in [0.2, 0.25) is 0 Å². The van der Waals surface area contributed by atoms with E-state index in [0.29, 0.717) is 18.4 Å². The summed E-state index contributed by atoms with van der Waals surface area (Å²) in [7, 11) is 1.60. The highest BCUT2D eigenvalue weighted by Gasteiger charge is 2.34. The number of hydrogen-bond donors (Lipinski definition) is 3. The number of carbonyl (C=O) groups excluding carboxylic acids is 1. The predicted octanol–water partition coefficient (Wildman–Crippen LogP) is 4.94. The van der Waals surface area contributed by atoms with Gasteiger partial charge < -0.3 is 24.8 Å². The first-order valence-corrected chi connectivity index (χ1v) is 10.6. The van der Waals surface area contributed by atoms with Gasteiger partial charge in [-0.15, -0.1) is 0 Å². The van der Waals surface area contributed by atoms with Crippen LogP contribution in [0.4, 0.5) is 0 Å². The number of rotatable bonds is 6. The van der Waals surface area contributed by atoms with E-state index in [1.807, 2.05) is 31.2 Å². The Labute approximate surface area is 186 Å². The Morgan fingerprint density at radius 3 is 2.38 bits per heavy atom. The average Bonchev–Trinajstić information content (AvgIpc) is 2.79. The Balaban J connectivity index is 1.62. The summed E-state index contributed by atoms with van der Waals surface area (Å²) in [4.78, 5) is 13.1. The number of hydrogen-bond acceptors (Lipinski definition) is 6. The predicted molar refractivity (Wildman–Crippen MR) is 120 cm³/mol. The van der Waals surface area contributed by atoms with Gasteiger partial charge in [0, 0.05) is 24.0 Å². The third-order valence-corrected chi connectivity index (χ3v) is 5.93. The Kier molecular flexibility index (Phi) is 5.95. The van der Waals surface area contributed by atoms with Crippen molar-refractivity contribution in [2.75, 3.05) is 7.11 Å². The molecular weight excluding hydrogens is 408 g/mol. The van der Waals surface area contributed by atoms with E-state index < -0.39 is 0 Å². The second-order valence-corrected chi connectivity index (χ2v) is 8.18. The van der Waals surface area contributed by atoms with E-state index in [-0.39, 0.29) is 52.8 Å². The fourth-order valence-corrected chi connectivity index (χ4v) is 4.18. The Morgan fingerprint density at radius 2 is 1.72 bits per heavy atom. The first-order valence-electron chi connectivity index (χ1n) is 10.6. The molecule has 4 rings (SSSR count). The fourth-order valence-electron chi connectivity index (χ4n) is 4.18. The van der Waals surface area contributed by atoms with Crippen LogP contribution in [0.15, 0.2) is 54.6 Å². The lowest BCUT2D eigenvalue weighted by molar-refractivity contribution is 0.0945. The number of methoxy groups -OCH3 is 1. The van der Waals surface area contributed by atoms with Crippen molar-refractivity contribution >= 4 is 5.78 Å². The van der Waals surface area contributed by atoms with Crippen LogP contribution < -0.4 is 9.47 Å². The summed E-state index contributed by atoms with van der Waals surface area (Å²) in [5.41, 5.74) is 2.45. The van der Waals surface area contributed by atoms with E-state index in [4.69, 9.17) is 9.47 Å². The molecule has 2 unspecified atom stereocenters. The standard InChI is InChI=1S/C26H26O6/c1-15-13-20-22(29)14-23(30)24(21(28)12-5-16-3-10-19(31-2)11-4-16)26(20)32-25(15)17-6-8-18(27)9-7-17/h3-4,6-11,14-15,25,27,29-30H,5,12-13H2,1-2H3. The minimum absolute atomic E-state index is 0.0183. The van der Waals surface area contributed by atoms with Crippen molar-refractivity contribution in [2.45, 2.75) is 32.3 Å². The van der Waals surface area contributed by atoms with Crippen LogP contribution >= 0.6 is 0 Å². The number of fused-ring (bicyclic) bond motifs is 1. The van der Waals surface area contributed by atoms with Gasteiger partial charge in [-0.2, -0.15) is 0 Å². The topological polar surface area (TPSA) is 96.2 Å². The molecule has 2 atom stereocenters. The zero-order valence-electron chi connectivity index (χ0n) is 18.0. The van der Waals surface area contributed by atoms with Crippen molar-refractivity contribution in [3.05, 3.63) is 76.9 Å². The van der Waals surface area contributed by atoms with E-state index in [2.05, 4.69) is 0 Å². The summed E-state index contributed by atoms with van der Waals surface area (Å²) in [6, 6.07) is 15.4. The van der Waals surface area contributed by atoms with E-state index >= 15 is 0 Å². The first kappa shape index (κ1) is 21.6. The third kappa shape index (κ3) is 4.21. The third-order valence-electron chi connectivity index (χ3n) is 5.93. The summed E-state index contributed by atoms with van der Waals surface area (Å²) in [6.07, 6.45) is 0.791. The molecule has 0 saturated carbocycles. The lowest BCUT2D eigenvalue weighted by atomic mass is 9.86. The van der Waals surface area contributed by atoms with Crippen molar-refractivity contribution in [1.82, 2.24) is 0 Å². The average molecular weight is 434 g/mol. The molecule has 1 aliphatic rings. The first-order chi connectivity index (χ1) is 15.4. The number of aromatic hydroxyl groups is 3. The van der Waals surface area contributed by atoms with Crippen LogP contribution in [0.25, 0.3) is 0 Å². The molecule has 1 heterocycles. The highest BCUT2D eigenvalue weighted by atomic mass is 16.5. The molecular formula is C26H26O6. The Morgan fingerprint density at radius 1 is 1.03 bits per heavy atom. The molecule has 6 heteroatoms. The number of phenolic OH excluding ortho intramolecular Hbond substituents is 3. The van der Waals surface area contributed by atoms with Crippen LogP contribution in [-0.2, 0) is 12.8 Å². The van der Waals surface area contributed by atoms with Crippen molar-refractivity contribution in [3.8, 4) is 28.7 Å². The largest absolute Gasteiger partial charge is 0.508 e. The van der Waals surface area contributed by atoms with Crippen molar-refractivity contribution in [2.24, 2.45) is 5.92 Å². The highest BCUT2D eigenvalue weighted by molar-refractivity contribution is 6.02. The second-order valence-electron chi connectivity index (χ2n) is 8.18. The molecule has 166 valence electrons. The molecule has 0 saturated heterocycles. The summed E-state index contributed by atoms with van der Waals surface area (Å²) < 4.78 is 11.4. The van der Waals surface area contributed by atoms with Crippen LogP contribution in [0, 0.1) is 5.92 Å². The number of carbonyl (C=O) groups is 1. The quantitative estimate of drug-likeness (QED) is 0.476. The van der Waals surface area contributed by atoms with Crippen LogP contribution in [0.5, 0.6) is 28.7 Å². The zero-order valence-corrected chi connectivity index (χ0v) is 18.0. The van der Waals surface area contributed by atoms with Crippen LogP contribution in [0.3, 0.4) is 0 Å². The van der Waals surface area contributed by atoms with E-state index in [1.165, 1.54) is 6.07 Å². The molecule has 6 nitrogen and oxygen atoms in total. The molecule has 32 heavy (non-hydrogen) atoms. The van der Waals surface area contributed by atoms with Crippen LogP contribution in [0.1, 0.15) is 46.5 Å². The summed E-state index contributed by atoms with van der Waals surface area (Å²) in [6.45, 7) is 2.00. The van der Waals surface area contributed by atoms with Crippen LogP contribution in [0.2, 0.25) is 0 Å². The molecule has 0 aliphatic carbocycles. The van der Waals surface area contributed by atoms with Gasteiger partial charge in [0.25, 0.3) is 0 Å². The minimum Gasteiger partial charge on any atom is -0.508 e. The van der Waals surface area contributed by atoms with Gasteiger partial charge in [0.05, 0.1) is 7.11 Å². The van der Waals surface area contributed by atoms with Gasteiger partial charge in [0.1, 0.15) is 40.4 Å². The number of ketones is 1. The molecule has 0 bridgehead atoms. The summed E-state index contributed by atoms with van der Waals surface area (Å²) >= 11 is 0. The maximum atomic E-state index is 13.1. The highest BCUT2D eigenvalue weighted by Crippen LogP contribution is 2.47. The summed E-state index contributed by atoms with van der Waals surface area (Å²) in [5.74, 6) is 0.521. The number of Topliss-reactive ketones (excluding diaryl/α,β-unsaturated/α-hetero) is 1. The van der Waals surface area contributed by atoms with Gasteiger partial charge in [-0.25, -0.2) is 0 Å². The molecule has 3 N–H and O–H groups in total. The SMILES string of the molecule is COc1ccc(CCC(=O)c2c(O)cc(O)c3c2OC(c2ccc(O)cc2)C(C)C3)cc1. The lowest BCUT2D eigenvalue weighted by Crippen LogP contribution is -2.25. The normalized spacial score (nSPS) is 17.3. The summed E-state index contributed by atoms with van der Waals surface area (Å²) in [5, 5.41) is 30.5. The van der Waals surface area contributed by atoms with Crippen molar-refractivity contribution in [1.29, 1.82) is 0 Å². The van der Waals surface area contributed by atoms with E-state index in [1.54, 1.807) is 31.4 Å². The second kappa shape index (κ2) is 8.83. The Hall–Kier alpha value is -3.67. The lowest BCUT2D eigenvalue weighted by Gasteiger charge is -2.33. The monoisotopic (exact) mass is 434 g/mol. The number of benzene rings is 3. The molecule has 0 amide bonds. The van der Waals surface area contributed by atoms with Gasteiger partial charge in [-0.1, -0.05) is 31.2 Å². The molecule has 0 aromatic heterocycles. The molecule has 1 aliphatic heterocycles. The van der Waals surface area contributed by atoms with Gasteiger partial charge in [0.15, 0.2) is 5.78 Å².